The first kappa shape index (κ1) is 29.7. The standard InChI is InChI=1S/C35H51P3/c1-24(2)37(10,25(3)4)34-22-30-18-14-12-16-28(30)20-32(34)36(9)33-21-29-17-13-15-19-31(29)23-35(33)38(11,26(5)6)27(7)8/h12-27,37-38H,1-11H3. The number of rotatable bonds is 8. The van der Waals surface area contributed by atoms with Crippen LogP contribution in [-0.4, -0.2) is 42.6 Å². The number of hydrogen-bond donors (Lipinski definition) is 0. The molecule has 3 heteroatoms. The second-order valence-electron chi connectivity index (χ2n) is 13.2. The SMILES string of the molecule is CC(C)[PH](C)(c1cc2ccccc2cc1P(C)c1cc2ccccc2cc1[PH](C)(C(C)C)C(C)C)C(C)C. The molecule has 0 fully saturated rings. The zero-order chi connectivity index (χ0) is 28.0. The van der Waals surface area contributed by atoms with E-state index in [2.05, 4.69) is 148 Å². The Kier molecular flexibility index (Phi) is 8.81. The topological polar surface area (TPSA) is 0 Å². The van der Waals surface area contributed by atoms with Crippen LogP contribution in [0.4, 0.5) is 0 Å². The molecule has 0 saturated heterocycles. The molecule has 0 atom stereocenters. The van der Waals surface area contributed by atoms with Crippen molar-refractivity contribution in [3.63, 3.8) is 0 Å². The van der Waals surface area contributed by atoms with Crippen LogP contribution in [0.1, 0.15) is 55.4 Å². The summed E-state index contributed by atoms with van der Waals surface area (Å²) < 4.78 is 0. The van der Waals surface area contributed by atoms with E-state index in [1.807, 2.05) is 0 Å². The maximum atomic E-state index is 2.65. The summed E-state index contributed by atoms with van der Waals surface area (Å²) in [5, 5.41) is 12.2. The fourth-order valence-electron chi connectivity index (χ4n) is 6.58. The van der Waals surface area contributed by atoms with Gasteiger partial charge in [0.1, 0.15) is 0 Å². The molecule has 0 heterocycles. The van der Waals surface area contributed by atoms with Crippen LogP contribution in [0, 0.1) is 0 Å². The van der Waals surface area contributed by atoms with E-state index in [1.165, 1.54) is 21.5 Å². The Morgan fingerprint density at radius 2 is 0.737 bits per heavy atom. The van der Waals surface area contributed by atoms with Gasteiger partial charge in [0.25, 0.3) is 0 Å². The van der Waals surface area contributed by atoms with Gasteiger partial charge in [-0.2, -0.15) is 0 Å². The summed E-state index contributed by atoms with van der Waals surface area (Å²) in [6.45, 7) is 27.7. The first-order valence-corrected chi connectivity index (χ1v) is 21.7. The van der Waals surface area contributed by atoms with Gasteiger partial charge in [-0.15, -0.1) is 0 Å². The monoisotopic (exact) mass is 564 g/mol. The van der Waals surface area contributed by atoms with Gasteiger partial charge in [0.05, 0.1) is 0 Å². The van der Waals surface area contributed by atoms with Crippen molar-refractivity contribution in [2.45, 2.75) is 78.0 Å². The molecule has 4 aromatic rings. The molecule has 0 amide bonds. The third-order valence-corrected chi connectivity index (χ3v) is 25.8. The molecule has 4 aromatic carbocycles. The Labute approximate surface area is 235 Å². The summed E-state index contributed by atoms with van der Waals surface area (Å²) in [6, 6.07) is 28.5. The van der Waals surface area contributed by atoms with Gasteiger partial charge in [-0.05, 0) is 0 Å². The zero-order valence-corrected chi connectivity index (χ0v) is 28.6. The van der Waals surface area contributed by atoms with Crippen LogP contribution in [0.25, 0.3) is 21.5 Å². The van der Waals surface area contributed by atoms with Gasteiger partial charge in [-0.25, -0.2) is 0 Å². The van der Waals surface area contributed by atoms with Gasteiger partial charge in [0, 0.05) is 0 Å². The van der Waals surface area contributed by atoms with E-state index in [0.29, 0.717) is 22.6 Å². The molecule has 0 saturated carbocycles. The van der Waals surface area contributed by atoms with Gasteiger partial charge in [0.2, 0.25) is 0 Å². The molecule has 0 N–H and O–H groups in total. The number of fused-ring (bicyclic) bond motifs is 2. The Hall–Kier alpha value is -1.31. The second kappa shape index (κ2) is 11.3. The summed E-state index contributed by atoms with van der Waals surface area (Å²) in [5.74, 6) is 0. The van der Waals surface area contributed by atoms with Crippen molar-refractivity contribution >= 4 is 65.2 Å². The molecule has 0 aliphatic rings. The van der Waals surface area contributed by atoms with E-state index < -0.39 is 22.4 Å². The van der Waals surface area contributed by atoms with E-state index in [-0.39, 0.29) is 0 Å². The molecule has 4 rings (SSSR count). The summed E-state index contributed by atoms with van der Waals surface area (Å²) in [5.41, 5.74) is 2.75. The normalized spacial score (nSPS) is 14.8. The second-order valence-corrected chi connectivity index (χ2v) is 26.1. The first-order valence-electron chi connectivity index (χ1n) is 14.6. The van der Waals surface area contributed by atoms with Gasteiger partial charge in [-0.3, -0.25) is 0 Å². The van der Waals surface area contributed by atoms with Gasteiger partial charge in [-0.1, -0.05) is 0 Å². The van der Waals surface area contributed by atoms with Crippen molar-refractivity contribution in [2.24, 2.45) is 0 Å². The van der Waals surface area contributed by atoms with E-state index in [4.69, 9.17) is 0 Å². The van der Waals surface area contributed by atoms with Gasteiger partial charge < -0.3 is 0 Å². The third-order valence-electron chi connectivity index (χ3n) is 10.4. The molecular formula is C35H51P3. The third kappa shape index (κ3) is 5.01. The average molecular weight is 565 g/mol. The van der Waals surface area contributed by atoms with Gasteiger partial charge >= 0.3 is 236 Å². The van der Waals surface area contributed by atoms with E-state index in [0.717, 1.165) is 0 Å². The minimum atomic E-state index is -1.77. The van der Waals surface area contributed by atoms with Crippen molar-refractivity contribution < 1.29 is 0 Å². The zero-order valence-electron chi connectivity index (χ0n) is 25.7. The molecule has 0 bridgehead atoms. The van der Waals surface area contributed by atoms with Crippen molar-refractivity contribution in [1.29, 1.82) is 0 Å². The molecule has 0 radical (unpaired) electrons. The molecule has 0 aliphatic heterocycles. The Morgan fingerprint density at radius 1 is 0.474 bits per heavy atom. The molecule has 0 unspecified atom stereocenters. The van der Waals surface area contributed by atoms with Crippen LogP contribution in [-0.2, 0) is 0 Å². The Morgan fingerprint density at radius 3 is 1.00 bits per heavy atom. The number of hydrogen-bond acceptors (Lipinski definition) is 0. The molecular weight excluding hydrogens is 513 g/mol. The van der Waals surface area contributed by atoms with Crippen LogP contribution in [0.15, 0.2) is 72.8 Å². The quantitative estimate of drug-likeness (QED) is 0.188. The van der Waals surface area contributed by atoms with E-state index >= 15 is 0 Å². The van der Waals surface area contributed by atoms with E-state index in [9.17, 15) is 0 Å². The summed E-state index contributed by atoms with van der Waals surface area (Å²) >= 11 is 0. The molecule has 0 nitrogen and oxygen atoms in total. The Balaban J connectivity index is 2.09. The molecule has 0 aliphatic carbocycles. The van der Waals surface area contributed by atoms with Crippen LogP contribution in [0.5, 0.6) is 0 Å². The first-order chi connectivity index (χ1) is 17.8. The van der Waals surface area contributed by atoms with Crippen LogP contribution in [0.3, 0.4) is 0 Å². The van der Waals surface area contributed by atoms with Crippen molar-refractivity contribution in [3.05, 3.63) is 72.8 Å². The Bertz CT molecular complexity index is 1300. The molecule has 38 heavy (non-hydrogen) atoms. The van der Waals surface area contributed by atoms with Gasteiger partial charge in [0.15, 0.2) is 0 Å². The fraction of sp³-hybridized carbons (Fsp3) is 0.429. The minimum absolute atomic E-state index is 0.517. The summed E-state index contributed by atoms with van der Waals surface area (Å²) in [6.07, 6.45) is 0. The van der Waals surface area contributed by atoms with Crippen LogP contribution >= 0.6 is 22.4 Å². The molecule has 0 aromatic heterocycles. The number of benzene rings is 4. The summed E-state index contributed by atoms with van der Waals surface area (Å²) in [7, 11) is -4.06. The van der Waals surface area contributed by atoms with Crippen LogP contribution < -0.4 is 21.2 Å². The molecule has 206 valence electrons. The van der Waals surface area contributed by atoms with E-state index in [1.54, 1.807) is 21.2 Å². The maximum absolute atomic E-state index is 2.65. The van der Waals surface area contributed by atoms with Crippen molar-refractivity contribution in [3.8, 4) is 0 Å². The van der Waals surface area contributed by atoms with Crippen molar-refractivity contribution in [2.75, 3.05) is 20.0 Å². The fourth-order valence-corrected chi connectivity index (χ4v) is 18.1. The molecule has 0 spiro atoms. The predicted molar refractivity (Wildman–Crippen MR) is 188 cm³/mol. The average Bonchev–Trinajstić information content (AvgIpc) is 2.89. The predicted octanol–water partition coefficient (Wildman–Crippen LogP) is 8.70. The van der Waals surface area contributed by atoms with Crippen LogP contribution in [0.2, 0.25) is 0 Å². The summed E-state index contributed by atoms with van der Waals surface area (Å²) in [4.78, 5) is 0. The van der Waals surface area contributed by atoms with Crippen molar-refractivity contribution in [1.82, 2.24) is 0 Å².